The zero-order valence-corrected chi connectivity index (χ0v) is 18.1. The zero-order valence-electron chi connectivity index (χ0n) is 15.8. The predicted molar refractivity (Wildman–Crippen MR) is 115 cm³/mol. The first-order valence-corrected chi connectivity index (χ1v) is 9.70. The number of aryl methyl sites for hydroxylation is 1. The highest BCUT2D eigenvalue weighted by atomic mass is 127. The Morgan fingerprint density at radius 3 is 2.56 bits per heavy atom. The third kappa shape index (κ3) is 5.86. The van der Waals surface area contributed by atoms with Gasteiger partial charge in [-0.2, -0.15) is 5.10 Å². The van der Waals surface area contributed by atoms with Gasteiger partial charge in [-0.3, -0.25) is 9.67 Å². The van der Waals surface area contributed by atoms with Crippen molar-refractivity contribution >= 4 is 29.9 Å². The number of aromatic nitrogens is 2. The van der Waals surface area contributed by atoms with Gasteiger partial charge in [-0.1, -0.05) is 32.1 Å². The van der Waals surface area contributed by atoms with Gasteiger partial charge in [0.1, 0.15) is 0 Å². The minimum atomic E-state index is 0. The molecule has 1 aromatic heterocycles. The van der Waals surface area contributed by atoms with Crippen molar-refractivity contribution in [3.63, 3.8) is 0 Å². The smallest absolute Gasteiger partial charge is 0.193 e. The molecule has 1 aromatic rings. The Hall–Kier alpha value is -0.790. The molecule has 0 spiro atoms. The van der Waals surface area contributed by atoms with Crippen molar-refractivity contribution in [2.24, 2.45) is 18.0 Å². The number of hydrogen-bond acceptors (Lipinski definition) is 2. The molecule has 1 atom stereocenters. The fraction of sp³-hybridized carbons (Fsp3) is 0.789. The van der Waals surface area contributed by atoms with Gasteiger partial charge in [-0.05, 0) is 30.7 Å². The molecule has 5 nitrogen and oxygen atoms in total. The minimum Gasteiger partial charge on any atom is -0.356 e. The van der Waals surface area contributed by atoms with Gasteiger partial charge in [0, 0.05) is 45.8 Å². The van der Waals surface area contributed by atoms with Crippen molar-refractivity contribution < 1.29 is 0 Å². The van der Waals surface area contributed by atoms with Crippen LogP contribution in [0.3, 0.4) is 0 Å². The second-order valence-corrected chi connectivity index (χ2v) is 7.52. The number of aliphatic imine (C=N–C) groups is 1. The lowest BCUT2D eigenvalue weighted by atomic mass is 9.91. The first-order chi connectivity index (χ1) is 11.8. The molecule has 1 saturated heterocycles. The summed E-state index contributed by atoms with van der Waals surface area (Å²) in [7, 11) is 3.91. The van der Waals surface area contributed by atoms with Crippen LogP contribution < -0.4 is 5.32 Å². The molecule has 3 rings (SSSR count). The number of hydrogen-bond donors (Lipinski definition) is 1. The summed E-state index contributed by atoms with van der Waals surface area (Å²) in [5.74, 6) is 2.49. The van der Waals surface area contributed by atoms with E-state index in [1.54, 1.807) is 0 Å². The van der Waals surface area contributed by atoms with Crippen LogP contribution >= 0.6 is 24.0 Å². The number of rotatable bonds is 3. The van der Waals surface area contributed by atoms with E-state index < -0.39 is 0 Å². The van der Waals surface area contributed by atoms with Crippen LogP contribution in [0.15, 0.2) is 17.4 Å². The number of nitrogens with one attached hydrogen (secondary N) is 1. The Labute approximate surface area is 169 Å². The molecule has 6 heteroatoms. The average Bonchev–Trinajstić information content (AvgIpc) is 3.18. The number of nitrogens with zero attached hydrogens (tertiary/aromatic N) is 4. The van der Waals surface area contributed by atoms with Crippen LogP contribution in [0, 0.1) is 5.92 Å². The van der Waals surface area contributed by atoms with E-state index >= 15 is 0 Å². The molecule has 2 fully saturated rings. The van der Waals surface area contributed by atoms with Crippen LogP contribution in [0.25, 0.3) is 0 Å². The summed E-state index contributed by atoms with van der Waals surface area (Å²) in [6, 6.07) is 0. The van der Waals surface area contributed by atoms with Crippen LogP contribution in [0.5, 0.6) is 0 Å². The first-order valence-electron chi connectivity index (χ1n) is 9.70. The fourth-order valence-corrected chi connectivity index (χ4v) is 4.19. The SMILES string of the molecule is CN=C(NCC1CCCCCCC1)N1CCC(c2cnn(C)c2)C1.I. The van der Waals surface area contributed by atoms with Crippen LogP contribution in [0.1, 0.15) is 62.8 Å². The van der Waals surface area contributed by atoms with E-state index in [-0.39, 0.29) is 24.0 Å². The average molecular weight is 459 g/mol. The molecule has 0 bridgehead atoms. The molecule has 1 unspecified atom stereocenters. The molecular formula is C19H34IN5. The van der Waals surface area contributed by atoms with Gasteiger partial charge >= 0.3 is 0 Å². The second-order valence-electron chi connectivity index (χ2n) is 7.52. The third-order valence-electron chi connectivity index (χ3n) is 5.67. The second kappa shape index (κ2) is 10.4. The van der Waals surface area contributed by atoms with Gasteiger partial charge < -0.3 is 10.2 Å². The van der Waals surface area contributed by atoms with Gasteiger partial charge in [0.2, 0.25) is 0 Å². The van der Waals surface area contributed by atoms with Crippen LogP contribution in [0.4, 0.5) is 0 Å². The molecule has 0 amide bonds. The molecule has 1 saturated carbocycles. The summed E-state index contributed by atoms with van der Waals surface area (Å²) < 4.78 is 1.90. The zero-order chi connectivity index (χ0) is 16.8. The maximum absolute atomic E-state index is 4.54. The summed E-state index contributed by atoms with van der Waals surface area (Å²) >= 11 is 0. The van der Waals surface area contributed by atoms with Gasteiger partial charge in [-0.15, -0.1) is 24.0 Å². The Balaban J connectivity index is 0.00000225. The molecule has 2 aliphatic rings. The van der Waals surface area contributed by atoms with Gasteiger partial charge in [0.05, 0.1) is 6.20 Å². The highest BCUT2D eigenvalue weighted by Gasteiger charge is 2.27. The molecule has 1 aliphatic heterocycles. The van der Waals surface area contributed by atoms with Gasteiger partial charge in [-0.25, -0.2) is 0 Å². The van der Waals surface area contributed by atoms with E-state index in [2.05, 4.69) is 26.5 Å². The Bertz CT molecular complexity index is 534. The van der Waals surface area contributed by atoms with Crippen molar-refractivity contribution in [3.8, 4) is 0 Å². The van der Waals surface area contributed by atoms with Crippen molar-refractivity contribution in [3.05, 3.63) is 18.0 Å². The summed E-state index contributed by atoms with van der Waals surface area (Å²) in [6.07, 6.45) is 15.2. The Morgan fingerprint density at radius 2 is 1.92 bits per heavy atom. The van der Waals surface area contributed by atoms with E-state index in [1.807, 2.05) is 25.0 Å². The maximum atomic E-state index is 4.54. The highest BCUT2D eigenvalue weighted by Crippen LogP contribution is 2.27. The molecule has 0 aromatic carbocycles. The van der Waals surface area contributed by atoms with E-state index in [4.69, 9.17) is 0 Å². The van der Waals surface area contributed by atoms with Crippen molar-refractivity contribution in [1.82, 2.24) is 20.0 Å². The third-order valence-corrected chi connectivity index (χ3v) is 5.67. The molecule has 2 heterocycles. The molecule has 0 radical (unpaired) electrons. The Morgan fingerprint density at radius 1 is 1.20 bits per heavy atom. The Kier molecular flexibility index (Phi) is 8.52. The monoisotopic (exact) mass is 459 g/mol. The number of guanidine groups is 1. The fourth-order valence-electron chi connectivity index (χ4n) is 4.19. The van der Waals surface area contributed by atoms with Crippen molar-refractivity contribution in [1.29, 1.82) is 0 Å². The normalized spacial score (nSPS) is 23.0. The van der Waals surface area contributed by atoms with Crippen molar-refractivity contribution in [2.75, 3.05) is 26.7 Å². The largest absolute Gasteiger partial charge is 0.356 e. The van der Waals surface area contributed by atoms with Gasteiger partial charge in [0.15, 0.2) is 5.96 Å². The quantitative estimate of drug-likeness (QED) is 0.426. The van der Waals surface area contributed by atoms with E-state index in [1.165, 1.54) is 56.9 Å². The number of likely N-dealkylation sites (tertiary alicyclic amines) is 1. The predicted octanol–water partition coefficient (Wildman–Crippen LogP) is 3.76. The van der Waals surface area contributed by atoms with E-state index in [0.717, 1.165) is 31.5 Å². The summed E-state index contributed by atoms with van der Waals surface area (Å²) in [4.78, 5) is 6.96. The highest BCUT2D eigenvalue weighted by molar-refractivity contribution is 14.0. The summed E-state index contributed by atoms with van der Waals surface area (Å²) in [5.41, 5.74) is 1.36. The number of halogens is 1. The topological polar surface area (TPSA) is 45.5 Å². The van der Waals surface area contributed by atoms with Gasteiger partial charge in [0.25, 0.3) is 0 Å². The molecule has 25 heavy (non-hydrogen) atoms. The lowest BCUT2D eigenvalue weighted by Crippen LogP contribution is -2.42. The summed E-state index contributed by atoms with van der Waals surface area (Å²) in [5, 5.41) is 7.98. The molecular weight excluding hydrogens is 425 g/mol. The lowest BCUT2D eigenvalue weighted by molar-refractivity contribution is 0.368. The van der Waals surface area contributed by atoms with Crippen molar-refractivity contribution in [2.45, 2.75) is 57.3 Å². The maximum Gasteiger partial charge on any atom is 0.193 e. The minimum absolute atomic E-state index is 0. The van der Waals surface area contributed by atoms with Crippen LogP contribution in [-0.2, 0) is 7.05 Å². The lowest BCUT2D eigenvalue weighted by Gasteiger charge is -2.25. The first kappa shape index (κ1) is 20.5. The van der Waals surface area contributed by atoms with Crippen LogP contribution in [-0.4, -0.2) is 47.3 Å². The van der Waals surface area contributed by atoms with E-state index in [0.29, 0.717) is 5.92 Å². The molecule has 142 valence electrons. The van der Waals surface area contributed by atoms with Crippen LogP contribution in [0.2, 0.25) is 0 Å². The van der Waals surface area contributed by atoms with E-state index in [9.17, 15) is 0 Å². The standard InChI is InChI=1S/C19H33N5.HI/c1-20-19(21-12-16-8-6-4-3-5-7-9-16)24-11-10-17(15-24)18-13-22-23(2)14-18;/h13-14,16-17H,3-12,15H2,1-2H3,(H,20,21);1H. The summed E-state index contributed by atoms with van der Waals surface area (Å²) in [6.45, 7) is 3.22. The molecule has 1 aliphatic carbocycles. The molecule has 1 N–H and O–H groups in total.